The molecule has 5 heteroatoms. The third-order valence-corrected chi connectivity index (χ3v) is 5.28. The van der Waals surface area contributed by atoms with Gasteiger partial charge in [0.25, 0.3) is 0 Å². The van der Waals surface area contributed by atoms with Gasteiger partial charge in [-0.3, -0.25) is 4.90 Å². The third-order valence-electron chi connectivity index (χ3n) is 5.28. The minimum atomic E-state index is -0.458. The predicted molar refractivity (Wildman–Crippen MR) is 94.5 cm³/mol. The zero-order chi connectivity index (χ0) is 16.5. The number of H-pyrrole nitrogens is 1. The maximum atomic E-state index is 10.6. The number of aliphatic hydroxyl groups is 1. The molecule has 1 fully saturated rings. The number of aliphatic hydroxyl groups excluding tert-OH is 1. The number of hydrogen-bond acceptors (Lipinski definition) is 3. The summed E-state index contributed by atoms with van der Waals surface area (Å²) in [6, 6.07) is 8.60. The Bertz CT molecular complexity index is 814. The first kappa shape index (κ1) is 15.4. The van der Waals surface area contributed by atoms with E-state index in [1.54, 1.807) is 6.20 Å². The number of piperidine rings is 1. The van der Waals surface area contributed by atoms with E-state index in [4.69, 9.17) is 0 Å². The summed E-state index contributed by atoms with van der Waals surface area (Å²) in [5.74, 6) is 1.08. The van der Waals surface area contributed by atoms with Gasteiger partial charge in [-0.05, 0) is 49.5 Å². The molecule has 0 radical (unpaired) electrons. The van der Waals surface area contributed by atoms with Gasteiger partial charge < -0.3 is 14.7 Å². The van der Waals surface area contributed by atoms with Crippen molar-refractivity contribution in [3.63, 3.8) is 0 Å². The summed E-state index contributed by atoms with van der Waals surface area (Å²) in [6.07, 6.45) is 7.22. The van der Waals surface area contributed by atoms with Gasteiger partial charge >= 0.3 is 0 Å². The molecule has 3 aromatic rings. The minimum Gasteiger partial charge on any atom is -0.385 e. The molecule has 2 aromatic heterocycles. The zero-order valence-corrected chi connectivity index (χ0v) is 14.0. The maximum absolute atomic E-state index is 10.6. The number of nitrogens with one attached hydrogen (secondary N) is 1. The molecule has 0 aliphatic carbocycles. The molecule has 1 aromatic carbocycles. The number of aromatic nitrogens is 3. The van der Waals surface area contributed by atoms with Crippen molar-refractivity contribution in [1.82, 2.24) is 19.4 Å². The van der Waals surface area contributed by atoms with Crippen LogP contribution in [0.2, 0.25) is 0 Å². The lowest BCUT2D eigenvalue weighted by molar-refractivity contribution is 0.0493. The number of aryl methyl sites for hydroxylation is 1. The smallest absolute Gasteiger partial charge is 0.137 e. The molecule has 1 unspecified atom stereocenters. The van der Waals surface area contributed by atoms with Crippen molar-refractivity contribution in [3.8, 4) is 0 Å². The monoisotopic (exact) mass is 324 g/mol. The SMILES string of the molecule is Cn1ccnc1C(O)C1CCN(Cc2cccc3[nH]ccc23)CC1. The summed E-state index contributed by atoms with van der Waals surface area (Å²) in [6.45, 7) is 3.01. The number of hydrogen-bond donors (Lipinski definition) is 2. The van der Waals surface area contributed by atoms with E-state index >= 15 is 0 Å². The molecule has 4 rings (SSSR count). The molecule has 1 aliphatic rings. The summed E-state index contributed by atoms with van der Waals surface area (Å²) in [5, 5.41) is 11.9. The lowest BCUT2D eigenvalue weighted by Crippen LogP contribution is -2.35. The first-order valence-corrected chi connectivity index (χ1v) is 8.65. The van der Waals surface area contributed by atoms with Crippen LogP contribution in [0, 0.1) is 5.92 Å². The number of imidazole rings is 1. The molecule has 2 N–H and O–H groups in total. The van der Waals surface area contributed by atoms with Gasteiger partial charge in [0, 0.05) is 43.1 Å². The molecule has 126 valence electrons. The Kier molecular flexibility index (Phi) is 4.12. The Morgan fingerprint density at radius 1 is 1.29 bits per heavy atom. The molecular weight excluding hydrogens is 300 g/mol. The van der Waals surface area contributed by atoms with Crippen molar-refractivity contribution in [1.29, 1.82) is 0 Å². The minimum absolute atomic E-state index is 0.297. The highest BCUT2D eigenvalue weighted by Crippen LogP contribution is 2.30. The number of aromatic amines is 1. The lowest BCUT2D eigenvalue weighted by Gasteiger charge is -2.34. The normalized spacial score (nSPS) is 18.2. The molecule has 0 bridgehead atoms. The molecule has 1 atom stereocenters. The summed E-state index contributed by atoms with van der Waals surface area (Å²) >= 11 is 0. The first-order chi connectivity index (χ1) is 11.7. The van der Waals surface area contributed by atoms with Gasteiger partial charge in [0.15, 0.2) is 0 Å². The van der Waals surface area contributed by atoms with Crippen LogP contribution in [-0.2, 0) is 13.6 Å². The fourth-order valence-electron chi connectivity index (χ4n) is 3.83. The molecule has 1 aliphatic heterocycles. The van der Waals surface area contributed by atoms with Crippen LogP contribution in [0.25, 0.3) is 10.9 Å². The van der Waals surface area contributed by atoms with Gasteiger partial charge in [-0.1, -0.05) is 12.1 Å². The number of fused-ring (bicyclic) bond motifs is 1. The van der Waals surface area contributed by atoms with Gasteiger partial charge in [-0.2, -0.15) is 0 Å². The molecular formula is C19H24N4O. The van der Waals surface area contributed by atoms with Crippen LogP contribution in [0.5, 0.6) is 0 Å². The van der Waals surface area contributed by atoms with E-state index in [1.165, 1.54) is 16.5 Å². The maximum Gasteiger partial charge on any atom is 0.137 e. The Morgan fingerprint density at radius 3 is 2.88 bits per heavy atom. The highest BCUT2D eigenvalue weighted by atomic mass is 16.3. The van der Waals surface area contributed by atoms with E-state index in [0.29, 0.717) is 5.92 Å². The van der Waals surface area contributed by atoms with Gasteiger partial charge in [0.1, 0.15) is 11.9 Å². The molecule has 24 heavy (non-hydrogen) atoms. The average Bonchev–Trinajstić information content (AvgIpc) is 3.24. The molecule has 0 saturated carbocycles. The number of nitrogens with zero attached hydrogens (tertiary/aromatic N) is 3. The largest absolute Gasteiger partial charge is 0.385 e. The highest BCUT2D eigenvalue weighted by Gasteiger charge is 2.28. The first-order valence-electron chi connectivity index (χ1n) is 8.65. The topological polar surface area (TPSA) is 57.1 Å². The molecule has 5 nitrogen and oxygen atoms in total. The van der Waals surface area contributed by atoms with Crippen molar-refractivity contribution in [2.24, 2.45) is 13.0 Å². The number of rotatable bonds is 4. The Morgan fingerprint density at radius 2 is 2.12 bits per heavy atom. The second kappa shape index (κ2) is 6.42. The Balaban J connectivity index is 1.40. The van der Waals surface area contributed by atoms with E-state index < -0.39 is 6.10 Å². The van der Waals surface area contributed by atoms with Crippen molar-refractivity contribution in [3.05, 3.63) is 54.2 Å². The van der Waals surface area contributed by atoms with Crippen LogP contribution in [0.15, 0.2) is 42.9 Å². The standard InChI is InChI=1S/C19H24N4O/c1-22-12-9-21-19(22)18(24)14-6-10-23(11-7-14)13-15-3-2-4-17-16(15)5-8-20-17/h2-5,8-9,12,14,18,20,24H,6-7,10-11,13H2,1H3. The van der Waals surface area contributed by atoms with E-state index in [-0.39, 0.29) is 0 Å². The van der Waals surface area contributed by atoms with Crippen molar-refractivity contribution in [2.45, 2.75) is 25.5 Å². The number of likely N-dealkylation sites (tertiary alicyclic amines) is 1. The lowest BCUT2D eigenvalue weighted by atomic mass is 9.90. The second-order valence-electron chi connectivity index (χ2n) is 6.81. The molecule has 0 spiro atoms. The van der Waals surface area contributed by atoms with Crippen molar-refractivity contribution in [2.75, 3.05) is 13.1 Å². The fraction of sp³-hybridized carbons (Fsp3) is 0.421. The van der Waals surface area contributed by atoms with E-state index in [1.807, 2.05) is 24.0 Å². The summed E-state index contributed by atoms with van der Waals surface area (Å²) in [5.41, 5.74) is 2.57. The van der Waals surface area contributed by atoms with Gasteiger partial charge in [0.05, 0.1) is 0 Å². The highest BCUT2D eigenvalue weighted by molar-refractivity contribution is 5.82. The van der Waals surface area contributed by atoms with Gasteiger partial charge in [0.2, 0.25) is 0 Å². The van der Waals surface area contributed by atoms with E-state index in [0.717, 1.165) is 38.3 Å². The van der Waals surface area contributed by atoms with Crippen molar-refractivity contribution < 1.29 is 5.11 Å². The van der Waals surface area contributed by atoms with Crippen molar-refractivity contribution >= 4 is 10.9 Å². The van der Waals surface area contributed by atoms with Crippen LogP contribution in [0.3, 0.4) is 0 Å². The third kappa shape index (κ3) is 2.85. The molecule has 3 heterocycles. The molecule has 1 saturated heterocycles. The Hall–Kier alpha value is -2.11. The van der Waals surface area contributed by atoms with E-state index in [2.05, 4.69) is 39.1 Å². The van der Waals surface area contributed by atoms with Gasteiger partial charge in [-0.25, -0.2) is 4.98 Å². The predicted octanol–water partition coefficient (Wildman–Crippen LogP) is 2.85. The fourth-order valence-corrected chi connectivity index (χ4v) is 3.83. The van der Waals surface area contributed by atoms with E-state index in [9.17, 15) is 5.11 Å². The van der Waals surface area contributed by atoms with Crippen LogP contribution in [0.1, 0.15) is 30.3 Å². The summed E-state index contributed by atoms with van der Waals surface area (Å²) in [7, 11) is 1.94. The molecule has 0 amide bonds. The number of benzene rings is 1. The Labute approximate surface area is 141 Å². The zero-order valence-electron chi connectivity index (χ0n) is 14.0. The van der Waals surface area contributed by atoms with Crippen LogP contribution in [-0.4, -0.2) is 37.6 Å². The van der Waals surface area contributed by atoms with Crippen LogP contribution >= 0.6 is 0 Å². The van der Waals surface area contributed by atoms with Crippen LogP contribution in [0.4, 0.5) is 0 Å². The summed E-state index contributed by atoms with van der Waals surface area (Å²) < 4.78 is 1.92. The van der Waals surface area contributed by atoms with Crippen LogP contribution < -0.4 is 0 Å². The average molecular weight is 324 g/mol. The quantitative estimate of drug-likeness (QED) is 0.776. The summed E-state index contributed by atoms with van der Waals surface area (Å²) in [4.78, 5) is 10.1. The second-order valence-corrected chi connectivity index (χ2v) is 6.81. The van der Waals surface area contributed by atoms with Gasteiger partial charge in [-0.15, -0.1) is 0 Å².